The normalized spacial score (nSPS) is 10.5. The fraction of sp³-hybridized carbons (Fsp3) is 0.714. The zero-order valence-electron chi connectivity index (χ0n) is 11.1. The Labute approximate surface area is 106 Å². The number of hydrogen-bond acceptors (Lipinski definition) is 3. The lowest BCUT2D eigenvalue weighted by Gasteiger charge is -2.19. The molecule has 0 saturated heterocycles. The number of ether oxygens (including phenoxy) is 1. The fourth-order valence-corrected chi connectivity index (χ4v) is 1.45. The maximum absolute atomic E-state index is 5.57. The molecule has 0 amide bonds. The Balaban J connectivity index is 3.51. The molecule has 17 heavy (non-hydrogen) atoms. The second-order valence-corrected chi connectivity index (χ2v) is 3.76. The molecule has 0 aliphatic rings. The highest BCUT2D eigenvalue weighted by Crippen LogP contribution is 1.89. The first-order chi connectivity index (χ1) is 8.28. The lowest BCUT2D eigenvalue weighted by atomic mass is 10.4. The van der Waals surface area contributed by atoms with Gasteiger partial charge in [-0.1, -0.05) is 25.7 Å². The van der Waals surface area contributed by atoms with Crippen LogP contribution in [0.4, 0.5) is 0 Å². The molecule has 0 fully saturated rings. The molecule has 0 N–H and O–H groups in total. The van der Waals surface area contributed by atoms with Gasteiger partial charge in [-0.25, -0.2) is 0 Å². The topological polar surface area (TPSA) is 15.7 Å². The van der Waals surface area contributed by atoms with Gasteiger partial charge in [0.1, 0.15) is 0 Å². The molecular formula is C14H24N2O. The Bertz CT molecular complexity index is 226. The van der Waals surface area contributed by atoms with E-state index < -0.39 is 0 Å². The minimum Gasteiger partial charge on any atom is -0.379 e. The summed E-state index contributed by atoms with van der Waals surface area (Å²) in [5.41, 5.74) is 0. The van der Waals surface area contributed by atoms with Gasteiger partial charge in [0.05, 0.1) is 26.3 Å². The van der Waals surface area contributed by atoms with Gasteiger partial charge in [-0.2, -0.15) is 0 Å². The molecule has 96 valence electrons. The molecular weight excluding hydrogens is 212 g/mol. The summed E-state index contributed by atoms with van der Waals surface area (Å²) >= 11 is 0. The van der Waals surface area contributed by atoms with Gasteiger partial charge in [-0.05, 0) is 13.1 Å². The largest absolute Gasteiger partial charge is 0.379 e. The molecule has 0 atom stereocenters. The summed E-state index contributed by atoms with van der Waals surface area (Å²) in [7, 11) is 0. The van der Waals surface area contributed by atoms with Crippen LogP contribution in [-0.2, 0) is 4.74 Å². The van der Waals surface area contributed by atoms with Crippen molar-refractivity contribution in [3.05, 3.63) is 0 Å². The van der Waals surface area contributed by atoms with E-state index in [1.54, 1.807) is 0 Å². The summed E-state index contributed by atoms with van der Waals surface area (Å²) in [4.78, 5) is 4.36. The van der Waals surface area contributed by atoms with Gasteiger partial charge in [-0.15, -0.1) is 12.8 Å². The van der Waals surface area contributed by atoms with E-state index in [0.29, 0.717) is 13.1 Å². The summed E-state index contributed by atoms with van der Waals surface area (Å²) in [5.74, 6) is 5.29. The Hall–Kier alpha value is -1.00. The average molecular weight is 236 g/mol. The van der Waals surface area contributed by atoms with E-state index in [1.807, 2.05) is 0 Å². The molecule has 0 aliphatic carbocycles. The van der Waals surface area contributed by atoms with Crippen molar-refractivity contribution >= 4 is 0 Å². The summed E-state index contributed by atoms with van der Waals surface area (Å²) in [6, 6.07) is 0. The van der Waals surface area contributed by atoms with Crippen LogP contribution in [0.1, 0.15) is 13.8 Å². The Morgan fingerprint density at radius 1 is 0.882 bits per heavy atom. The molecule has 3 heteroatoms. The Kier molecular flexibility index (Phi) is 10.8. The first kappa shape index (κ1) is 16.0. The highest BCUT2D eigenvalue weighted by molar-refractivity contribution is 4.88. The first-order valence-electron chi connectivity index (χ1n) is 6.17. The molecule has 0 radical (unpaired) electrons. The molecule has 0 heterocycles. The molecule has 0 spiro atoms. The predicted octanol–water partition coefficient (Wildman–Crippen LogP) is 0.913. The van der Waals surface area contributed by atoms with Crippen molar-refractivity contribution in [1.82, 2.24) is 9.80 Å². The summed E-state index contributed by atoms with van der Waals surface area (Å²) in [6.07, 6.45) is 10.5. The third-order valence-corrected chi connectivity index (χ3v) is 2.63. The lowest BCUT2D eigenvalue weighted by Crippen LogP contribution is -2.30. The standard InChI is InChI=1S/C14H24N2O/c1-5-9-15(7-3)11-13-17-14-12-16(8-4)10-6-2/h1-2H,7-14H2,3-4H3. The highest BCUT2D eigenvalue weighted by atomic mass is 16.5. The van der Waals surface area contributed by atoms with Crippen molar-refractivity contribution in [1.29, 1.82) is 0 Å². The summed E-state index contributed by atoms with van der Waals surface area (Å²) in [5, 5.41) is 0. The number of hydrogen-bond donors (Lipinski definition) is 0. The molecule has 0 aromatic rings. The third-order valence-electron chi connectivity index (χ3n) is 2.63. The van der Waals surface area contributed by atoms with E-state index in [-0.39, 0.29) is 0 Å². The summed E-state index contributed by atoms with van der Waals surface area (Å²) in [6.45, 7) is 10.7. The van der Waals surface area contributed by atoms with Crippen LogP contribution in [0.15, 0.2) is 0 Å². The maximum Gasteiger partial charge on any atom is 0.0599 e. The maximum atomic E-state index is 5.57. The van der Waals surface area contributed by atoms with E-state index in [0.717, 1.165) is 39.4 Å². The van der Waals surface area contributed by atoms with Gasteiger partial charge >= 0.3 is 0 Å². The van der Waals surface area contributed by atoms with Crippen LogP contribution in [0.25, 0.3) is 0 Å². The highest BCUT2D eigenvalue weighted by Gasteiger charge is 2.01. The van der Waals surface area contributed by atoms with Crippen molar-refractivity contribution in [2.24, 2.45) is 0 Å². The zero-order chi connectivity index (χ0) is 12.9. The Morgan fingerprint density at radius 2 is 1.29 bits per heavy atom. The van der Waals surface area contributed by atoms with E-state index in [9.17, 15) is 0 Å². The predicted molar refractivity (Wildman–Crippen MR) is 72.7 cm³/mol. The van der Waals surface area contributed by atoms with Crippen LogP contribution in [0, 0.1) is 24.7 Å². The molecule has 0 aliphatic heterocycles. The fourth-order valence-electron chi connectivity index (χ4n) is 1.45. The van der Waals surface area contributed by atoms with Crippen molar-refractivity contribution in [3.8, 4) is 24.7 Å². The molecule has 0 bridgehead atoms. The number of rotatable bonds is 10. The quantitative estimate of drug-likeness (QED) is 0.414. The van der Waals surface area contributed by atoms with Crippen LogP contribution in [0.5, 0.6) is 0 Å². The number of terminal acetylenes is 2. The van der Waals surface area contributed by atoms with Crippen molar-refractivity contribution in [2.75, 3.05) is 52.5 Å². The molecule has 0 aromatic carbocycles. The van der Waals surface area contributed by atoms with Crippen LogP contribution in [-0.4, -0.2) is 62.3 Å². The van der Waals surface area contributed by atoms with E-state index >= 15 is 0 Å². The van der Waals surface area contributed by atoms with Gasteiger partial charge in [-0.3, -0.25) is 9.80 Å². The van der Waals surface area contributed by atoms with Crippen LogP contribution in [0.3, 0.4) is 0 Å². The monoisotopic (exact) mass is 236 g/mol. The third kappa shape index (κ3) is 8.77. The SMILES string of the molecule is C#CCN(CC)CCOCCN(CC)CC#C. The van der Waals surface area contributed by atoms with Gasteiger partial charge in [0, 0.05) is 13.1 Å². The average Bonchev–Trinajstić information content (AvgIpc) is 2.35. The van der Waals surface area contributed by atoms with E-state index in [2.05, 4.69) is 35.5 Å². The van der Waals surface area contributed by atoms with Gasteiger partial charge in [0.25, 0.3) is 0 Å². The zero-order valence-corrected chi connectivity index (χ0v) is 11.1. The van der Waals surface area contributed by atoms with Crippen molar-refractivity contribution in [2.45, 2.75) is 13.8 Å². The second kappa shape index (κ2) is 11.5. The van der Waals surface area contributed by atoms with Crippen LogP contribution < -0.4 is 0 Å². The van der Waals surface area contributed by atoms with E-state index in [1.165, 1.54) is 0 Å². The van der Waals surface area contributed by atoms with Gasteiger partial charge < -0.3 is 4.74 Å². The lowest BCUT2D eigenvalue weighted by molar-refractivity contribution is 0.0911. The number of likely N-dealkylation sites (N-methyl/N-ethyl adjacent to an activating group) is 2. The minimum atomic E-state index is 0.692. The molecule has 3 nitrogen and oxygen atoms in total. The van der Waals surface area contributed by atoms with Gasteiger partial charge in [0.2, 0.25) is 0 Å². The minimum absolute atomic E-state index is 0.692. The Morgan fingerprint density at radius 3 is 1.59 bits per heavy atom. The van der Waals surface area contributed by atoms with Crippen molar-refractivity contribution in [3.63, 3.8) is 0 Å². The summed E-state index contributed by atoms with van der Waals surface area (Å²) < 4.78 is 5.57. The van der Waals surface area contributed by atoms with E-state index in [4.69, 9.17) is 17.6 Å². The molecule has 0 rings (SSSR count). The second-order valence-electron chi connectivity index (χ2n) is 3.76. The van der Waals surface area contributed by atoms with Crippen molar-refractivity contribution < 1.29 is 4.74 Å². The molecule has 0 saturated carbocycles. The number of nitrogens with zero attached hydrogens (tertiary/aromatic N) is 2. The van der Waals surface area contributed by atoms with Crippen LogP contribution >= 0.6 is 0 Å². The molecule has 0 aromatic heterocycles. The molecule has 0 unspecified atom stereocenters. The first-order valence-corrected chi connectivity index (χ1v) is 6.17. The smallest absolute Gasteiger partial charge is 0.0599 e. The van der Waals surface area contributed by atoms with Crippen LogP contribution in [0.2, 0.25) is 0 Å². The van der Waals surface area contributed by atoms with Gasteiger partial charge in [0.15, 0.2) is 0 Å².